The van der Waals surface area contributed by atoms with E-state index in [1.165, 1.54) is 19.1 Å². The van der Waals surface area contributed by atoms with Gasteiger partial charge >= 0.3 is 5.97 Å². The molecule has 1 aromatic rings. The zero-order chi connectivity index (χ0) is 15.5. The molecule has 1 aromatic carbocycles. The molecule has 1 aliphatic rings. The molecule has 0 fully saturated rings. The third kappa shape index (κ3) is 3.85. The second-order valence-electron chi connectivity index (χ2n) is 4.73. The van der Waals surface area contributed by atoms with Gasteiger partial charge in [-0.1, -0.05) is 6.92 Å². The molecule has 0 aromatic heterocycles. The Morgan fingerprint density at radius 2 is 2.00 bits per heavy atom. The molecule has 0 bridgehead atoms. The van der Waals surface area contributed by atoms with Crippen LogP contribution in [-0.2, 0) is 14.8 Å². The summed E-state index contributed by atoms with van der Waals surface area (Å²) in [6, 6.07) is 4.37. The lowest BCUT2D eigenvalue weighted by Crippen LogP contribution is -2.27. The van der Waals surface area contributed by atoms with Crippen LogP contribution in [0.15, 0.2) is 23.1 Å². The quantitative estimate of drug-likeness (QED) is 0.807. The average molecular weight is 315 g/mol. The van der Waals surface area contributed by atoms with Crippen molar-refractivity contribution in [2.45, 2.75) is 18.2 Å². The Labute approximate surface area is 122 Å². The molecule has 116 valence electrons. The van der Waals surface area contributed by atoms with Gasteiger partial charge in [0.1, 0.15) is 13.2 Å². The molecule has 0 radical (unpaired) electrons. The normalized spacial score (nSPS) is 15.5. The highest BCUT2D eigenvalue weighted by Gasteiger charge is 2.20. The van der Waals surface area contributed by atoms with Crippen molar-refractivity contribution in [3.63, 3.8) is 0 Å². The summed E-state index contributed by atoms with van der Waals surface area (Å²) in [5.41, 5.74) is 0. The van der Waals surface area contributed by atoms with Crippen LogP contribution in [0.1, 0.15) is 13.3 Å². The lowest BCUT2D eigenvalue weighted by Gasteiger charge is -2.19. The number of carbonyl (C=O) groups is 1. The van der Waals surface area contributed by atoms with E-state index < -0.39 is 21.9 Å². The summed E-state index contributed by atoms with van der Waals surface area (Å²) < 4.78 is 37.3. The van der Waals surface area contributed by atoms with E-state index in [-0.39, 0.29) is 17.9 Å². The first-order valence-electron chi connectivity index (χ1n) is 6.52. The number of aliphatic carboxylic acids is 1. The molecule has 2 rings (SSSR count). The second-order valence-corrected chi connectivity index (χ2v) is 6.50. The van der Waals surface area contributed by atoms with E-state index in [0.717, 1.165) is 0 Å². The van der Waals surface area contributed by atoms with E-state index in [0.29, 0.717) is 24.7 Å². The molecule has 0 spiro atoms. The molecule has 0 aliphatic carbocycles. The van der Waals surface area contributed by atoms with Crippen LogP contribution in [0, 0.1) is 5.92 Å². The van der Waals surface area contributed by atoms with Crippen molar-refractivity contribution >= 4 is 16.0 Å². The van der Waals surface area contributed by atoms with Crippen molar-refractivity contribution in [2.24, 2.45) is 5.92 Å². The first-order chi connectivity index (χ1) is 9.90. The maximum absolute atomic E-state index is 12.1. The maximum Gasteiger partial charge on any atom is 0.306 e. The molecule has 1 aliphatic heterocycles. The molecule has 1 atom stereocenters. The van der Waals surface area contributed by atoms with Crippen LogP contribution in [0.5, 0.6) is 11.5 Å². The van der Waals surface area contributed by atoms with E-state index >= 15 is 0 Å². The number of fused-ring (bicyclic) bond motifs is 1. The number of benzene rings is 1. The van der Waals surface area contributed by atoms with Crippen LogP contribution in [0.4, 0.5) is 0 Å². The minimum Gasteiger partial charge on any atom is -0.486 e. The Bertz CT molecular complexity index is 628. The number of nitrogens with one attached hydrogen (secondary N) is 1. The Hall–Kier alpha value is -1.80. The van der Waals surface area contributed by atoms with Gasteiger partial charge in [-0.15, -0.1) is 0 Å². The number of carboxylic acid groups (broad SMARTS) is 1. The predicted molar refractivity (Wildman–Crippen MR) is 74.0 cm³/mol. The van der Waals surface area contributed by atoms with Crippen molar-refractivity contribution in [3.05, 3.63) is 18.2 Å². The number of rotatable bonds is 6. The topological polar surface area (TPSA) is 102 Å². The fourth-order valence-corrected chi connectivity index (χ4v) is 2.87. The Balaban J connectivity index is 2.04. The zero-order valence-corrected chi connectivity index (χ0v) is 12.4. The number of hydrogen-bond acceptors (Lipinski definition) is 5. The third-order valence-electron chi connectivity index (χ3n) is 3.11. The molecule has 1 heterocycles. The van der Waals surface area contributed by atoms with Gasteiger partial charge in [-0.05, 0) is 18.6 Å². The minimum atomic E-state index is -3.69. The number of sulfonamides is 1. The Morgan fingerprint density at radius 3 is 2.67 bits per heavy atom. The standard InChI is InChI=1S/C13H17NO6S/c1-9(13(15)16)4-5-14-21(17,18)10-2-3-11-12(8-10)20-7-6-19-11/h2-3,8-9,14H,4-7H2,1H3,(H,15,16). The fourth-order valence-electron chi connectivity index (χ4n) is 1.81. The molecule has 0 amide bonds. The van der Waals surface area contributed by atoms with Gasteiger partial charge in [-0.2, -0.15) is 0 Å². The highest BCUT2D eigenvalue weighted by Crippen LogP contribution is 2.32. The van der Waals surface area contributed by atoms with Crippen LogP contribution in [-0.4, -0.2) is 39.3 Å². The highest BCUT2D eigenvalue weighted by molar-refractivity contribution is 7.89. The first kappa shape index (κ1) is 15.6. The predicted octanol–water partition coefficient (Wildman–Crippen LogP) is 0.847. The number of carboxylic acids is 1. The van der Waals surface area contributed by atoms with E-state index in [1.54, 1.807) is 6.07 Å². The van der Waals surface area contributed by atoms with Crippen LogP contribution >= 0.6 is 0 Å². The summed E-state index contributed by atoms with van der Waals surface area (Å²) in [4.78, 5) is 10.7. The van der Waals surface area contributed by atoms with Crippen molar-refractivity contribution in [3.8, 4) is 11.5 Å². The maximum atomic E-state index is 12.1. The summed E-state index contributed by atoms with van der Waals surface area (Å²) in [5, 5.41) is 8.75. The van der Waals surface area contributed by atoms with Crippen molar-refractivity contribution < 1.29 is 27.8 Å². The van der Waals surface area contributed by atoms with Gasteiger partial charge in [-0.3, -0.25) is 4.79 Å². The van der Waals surface area contributed by atoms with E-state index in [9.17, 15) is 13.2 Å². The lowest BCUT2D eigenvalue weighted by molar-refractivity contribution is -0.141. The van der Waals surface area contributed by atoms with E-state index in [4.69, 9.17) is 14.6 Å². The van der Waals surface area contributed by atoms with Gasteiger partial charge in [0.05, 0.1) is 10.8 Å². The van der Waals surface area contributed by atoms with Crippen LogP contribution < -0.4 is 14.2 Å². The van der Waals surface area contributed by atoms with E-state index in [2.05, 4.69) is 4.72 Å². The van der Waals surface area contributed by atoms with Crippen molar-refractivity contribution in [1.82, 2.24) is 4.72 Å². The highest BCUT2D eigenvalue weighted by atomic mass is 32.2. The van der Waals surface area contributed by atoms with E-state index in [1.807, 2.05) is 0 Å². The van der Waals surface area contributed by atoms with Gasteiger partial charge in [-0.25, -0.2) is 13.1 Å². The summed E-state index contributed by atoms with van der Waals surface area (Å²) in [6.45, 7) is 2.40. The molecule has 2 N–H and O–H groups in total. The largest absolute Gasteiger partial charge is 0.486 e. The van der Waals surface area contributed by atoms with Crippen LogP contribution in [0.25, 0.3) is 0 Å². The molecule has 21 heavy (non-hydrogen) atoms. The van der Waals surface area contributed by atoms with Gasteiger partial charge < -0.3 is 14.6 Å². The first-order valence-corrected chi connectivity index (χ1v) is 8.00. The van der Waals surface area contributed by atoms with Gasteiger partial charge in [0.15, 0.2) is 11.5 Å². The molecular formula is C13H17NO6S. The van der Waals surface area contributed by atoms with Gasteiger partial charge in [0.2, 0.25) is 10.0 Å². The molecule has 0 saturated carbocycles. The SMILES string of the molecule is CC(CCNS(=O)(=O)c1ccc2c(c1)OCCO2)C(=O)O. The molecule has 7 nitrogen and oxygen atoms in total. The van der Waals surface area contributed by atoms with Crippen LogP contribution in [0.3, 0.4) is 0 Å². The third-order valence-corrected chi connectivity index (χ3v) is 4.57. The Kier molecular flexibility index (Phi) is 4.69. The summed E-state index contributed by atoms with van der Waals surface area (Å²) in [5.74, 6) is -0.649. The van der Waals surface area contributed by atoms with Crippen molar-refractivity contribution in [1.29, 1.82) is 0 Å². The average Bonchev–Trinajstić information content (AvgIpc) is 2.46. The summed E-state index contributed by atoms with van der Waals surface area (Å²) in [7, 11) is -3.69. The monoisotopic (exact) mass is 315 g/mol. The minimum absolute atomic E-state index is 0.0598. The second kappa shape index (κ2) is 6.31. The summed E-state index contributed by atoms with van der Waals surface area (Å²) in [6.07, 6.45) is 0.221. The van der Waals surface area contributed by atoms with Gasteiger partial charge in [0.25, 0.3) is 0 Å². The molecule has 8 heteroatoms. The molecule has 0 saturated heterocycles. The van der Waals surface area contributed by atoms with Gasteiger partial charge in [0, 0.05) is 12.6 Å². The summed E-state index contributed by atoms with van der Waals surface area (Å²) >= 11 is 0. The fraction of sp³-hybridized carbons (Fsp3) is 0.462. The zero-order valence-electron chi connectivity index (χ0n) is 11.5. The number of ether oxygens (including phenoxy) is 2. The lowest BCUT2D eigenvalue weighted by atomic mass is 10.1. The van der Waals surface area contributed by atoms with Crippen molar-refractivity contribution in [2.75, 3.05) is 19.8 Å². The molecular weight excluding hydrogens is 298 g/mol. The number of hydrogen-bond donors (Lipinski definition) is 2. The smallest absolute Gasteiger partial charge is 0.306 e. The molecule has 1 unspecified atom stereocenters. The Morgan fingerprint density at radius 1 is 1.33 bits per heavy atom. The van der Waals surface area contributed by atoms with Crippen LogP contribution in [0.2, 0.25) is 0 Å².